The average molecular weight is 575 g/mol. The van der Waals surface area contributed by atoms with Crippen molar-refractivity contribution in [2.24, 2.45) is 0 Å². The number of ether oxygens (including phenoxy) is 1. The number of carbonyl (C=O) groups is 4. The number of amides is 2. The molecule has 3 aromatic rings. The molecule has 41 heavy (non-hydrogen) atoms. The van der Waals surface area contributed by atoms with Crippen molar-refractivity contribution in [3.63, 3.8) is 0 Å². The predicted molar refractivity (Wildman–Crippen MR) is 139 cm³/mol. The molecule has 2 amide bonds. The molecule has 0 aliphatic carbocycles. The zero-order valence-electron chi connectivity index (χ0n) is 21.5. The van der Waals surface area contributed by atoms with Gasteiger partial charge in [0.1, 0.15) is 11.6 Å². The predicted octanol–water partition coefficient (Wildman–Crippen LogP) is 4.08. The number of nitrogens with one attached hydrogen (secondary N) is 3. The molecule has 3 N–H and O–H groups in total. The molecule has 0 fully saturated rings. The molecule has 1 heterocycles. The maximum atomic E-state index is 14.9. The third kappa shape index (κ3) is 10.0. The van der Waals surface area contributed by atoms with Crippen LogP contribution in [0, 0.1) is 5.82 Å². The van der Waals surface area contributed by atoms with Crippen molar-refractivity contribution in [1.82, 2.24) is 15.6 Å². The lowest BCUT2D eigenvalue weighted by molar-refractivity contribution is -0.202. The third-order valence-corrected chi connectivity index (χ3v) is 5.62. The number of hydrogen-bond acceptors (Lipinski definition) is 7. The fourth-order valence-corrected chi connectivity index (χ4v) is 3.67. The number of benzene rings is 2. The van der Waals surface area contributed by atoms with E-state index >= 15 is 0 Å². The van der Waals surface area contributed by atoms with Gasteiger partial charge in [-0.3, -0.25) is 14.4 Å². The van der Waals surface area contributed by atoms with Crippen LogP contribution in [-0.4, -0.2) is 48.0 Å². The van der Waals surface area contributed by atoms with Crippen LogP contribution in [0.25, 0.3) is 11.1 Å². The van der Waals surface area contributed by atoms with Gasteiger partial charge in [-0.2, -0.15) is 13.2 Å². The molecule has 9 nitrogen and oxygen atoms in total. The number of anilines is 1. The first-order valence-electron chi connectivity index (χ1n) is 12.4. The van der Waals surface area contributed by atoms with Crippen molar-refractivity contribution >= 4 is 29.6 Å². The van der Waals surface area contributed by atoms with Crippen LogP contribution >= 0.6 is 0 Å². The van der Waals surface area contributed by atoms with E-state index in [2.05, 4.69) is 25.7 Å². The summed E-state index contributed by atoms with van der Waals surface area (Å²) in [5, 5.41) is 7.80. The van der Waals surface area contributed by atoms with Gasteiger partial charge in [-0.1, -0.05) is 48.5 Å². The number of esters is 2. The van der Waals surface area contributed by atoms with Crippen molar-refractivity contribution < 1.29 is 41.5 Å². The second-order valence-electron chi connectivity index (χ2n) is 8.71. The first kappa shape index (κ1) is 30.7. The van der Waals surface area contributed by atoms with E-state index in [9.17, 15) is 36.7 Å². The van der Waals surface area contributed by atoms with Crippen LogP contribution in [0.5, 0.6) is 0 Å². The molecule has 2 aromatic carbocycles. The molecule has 1 aromatic heterocycles. The number of carbonyl (C=O) groups excluding carboxylic acids is 4. The van der Waals surface area contributed by atoms with Crippen molar-refractivity contribution in [2.45, 2.75) is 31.5 Å². The van der Waals surface area contributed by atoms with Crippen molar-refractivity contribution in [3.05, 3.63) is 84.3 Å². The zero-order chi connectivity index (χ0) is 29.8. The Bertz CT molecular complexity index is 1350. The lowest BCUT2D eigenvalue weighted by Crippen LogP contribution is -2.39. The minimum atomic E-state index is -5.41. The van der Waals surface area contributed by atoms with Crippen molar-refractivity contribution in [1.29, 1.82) is 0 Å². The lowest BCUT2D eigenvalue weighted by Gasteiger charge is -2.19. The standard InChI is InChI=1S/C28H26F4N4O5/c29-21-15-19(11-12-20(21)18-7-2-1-3-8-18)22(16-26(39)41-27(40)28(30,31)32)36-25(38)17-35-24(37)10-6-14-34-23-9-4-5-13-33-23/h1-5,7-9,11-13,15,22H,6,10,14,16-17H2,(H,33,34)(H,35,37)(H,36,38). The quantitative estimate of drug-likeness (QED) is 0.129. The van der Waals surface area contributed by atoms with E-state index in [1.807, 2.05) is 0 Å². The highest BCUT2D eigenvalue weighted by Gasteiger charge is 2.42. The summed E-state index contributed by atoms with van der Waals surface area (Å²) in [5.41, 5.74) is 0.781. The number of rotatable bonds is 12. The summed E-state index contributed by atoms with van der Waals surface area (Å²) in [5.74, 6) is -5.65. The first-order chi connectivity index (χ1) is 19.5. The Balaban J connectivity index is 1.61. The van der Waals surface area contributed by atoms with E-state index in [0.717, 1.165) is 6.07 Å². The summed E-state index contributed by atoms with van der Waals surface area (Å²) >= 11 is 0. The molecule has 0 aliphatic rings. The highest BCUT2D eigenvalue weighted by molar-refractivity contribution is 5.89. The largest absolute Gasteiger partial charge is 0.491 e. The van der Waals surface area contributed by atoms with E-state index in [1.165, 1.54) is 12.1 Å². The van der Waals surface area contributed by atoms with Gasteiger partial charge in [0.25, 0.3) is 0 Å². The Morgan fingerprint density at radius 2 is 1.66 bits per heavy atom. The molecule has 0 aliphatic heterocycles. The monoisotopic (exact) mass is 574 g/mol. The van der Waals surface area contributed by atoms with Crippen LogP contribution in [-0.2, 0) is 23.9 Å². The summed E-state index contributed by atoms with van der Waals surface area (Å²) in [6, 6.07) is 16.2. The Morgan fingerprint density at radius 3 is 2.32 bits per heavy atom. The smallest absolute Gasteiger partial charge is 0.386 e. The van der Waals surface area contributed by atoms with Crippen LogP contribution < -0.4 is 16.0 Å². The molecular weight excluding hydrogens is 548 g/mol. The normalized spacial score (nSPS) is 11.7. The summed E-state index contributed by atoms with van der Waals surface area (Å²) < 4.78 is 56.3. The van der Waals surface area contributed by atoms with Gasteiger partial charge in [0.05, 0.1) is 19.0 Å². The molecule has 1 atom stereocenters. The lowest BCUT2D eigenvalue weighted by atomic mass is 9.98. The fourth-order valence-electron chi connectivity index (χ4n) is 3.67. The topological polar surface area (TPSA) is 126 Å². The number of halogens is 4. The fraction of sp³-hybridized carbons (Fsp3) is 0.250. The van der Waals surface area contributed by atoms with Gasteiger partial charge in [-0.25, -0.2) is 14.2 Å². The highest BCUT2D eigenvalue weighted by atomic mass is 19.4. The van der Waals surface area contributed by atoms with Gasteiger partial charge in [-0.05, 0) is 35.7 Å². The second-order valence-corrected chi connectivity index (χ2v) is 8.71. The molecule has 0 bridgehead atoms. The molecule has 0 saturated carbocycles. The molecule has 0 spiro atoms. The van der Waals surface area contributed by atoms with E-state index in [0.29, 0.717) is 24.3 Å². The number of hydrogen-bond donors (Lipinski definition) is 3. The Morgan fingerprint density at radius 1 is 0.927 bits per heavy atom. The Labute approximate surface area is 232 Å². The van der Waals surface area contributed by atoms with Crippen LogP contribution in [0.3, 0.4) is 0 Å². The minimum absolute atomic E-state index is 0.0267. The summed E-state index contributed by atoms with van der Waals surface area (Å²) in [7, 11) is 0. The number of aromatic nitrogens is 1. The molecule has 216 valence electrons. The van der Waals surface area contributed by atoms with E-state index in [4.69, 9.17) is 0 Å². The number of pyridine rings is 1. The SMILES string of the molecule is O=C(CCCNc1ccccn1)NCC(=O)NC(CC(=O)OC(=O)C(F)(F)F)c1ccc(-c2ccccc2)c(F)c1. The van der Waals surface area contributed by atoms with Gasteiger partial charge in [-0.15, -0.1) is 0 Å². The number of nitrogens with zero attached hydrogens (tertiary/aromatic N) is 1. The van der Waals surface area contributed by atoms with Gasteiger partial charge in [0.2, 0.25) is 11.8 Å². The van der Waals surface area contributed by atoms with Gasteiger partial charge in [0, 0.05) is 24.7 Å². The van der Waals surface area contributed by atoms with E-state index in [1.54, 1.807) is 54.7 Å². The van der Waals surface area contributed by atoms with Gasteiger partial charge >= 0.3 is 18.1 Å². The maximum Gasteiger partial charge on any atom is 0.491 e. The summed E-state index contributed by atoms with van der Waals surface area (Å²) in [6.07, 6.45) is -4.20. The molecule has 13 heteroatoms. The summed E-state index contributed by atoms with van der Waals surface area (Å²) in [4.78, 5) is 51.9. The highest BCUT2D eigenvalue weighted by Crippen LogP contribution is 2.27. The first-order valence-corrected chi connectivity index (χ1v) is 12.4. The molecule has 3 rings (SSSR count). The van der Waals surface area contributed by atoms with Gasteiger partial charge < -0.3 is 20.7 Å². The molecule has 0 saturated heterocycles. The molecular formula is C28H26F4N4O5. The van der Waals surface area contributed by atoms with Crippen LogP contribution in [0.4, 0.5) is 23.4 Å². The zero-order valence-corrected chi connectivity index (χ0v) is 21.5. The number of alkyl halides is 3. The second kappa shape index (κ2) is 14.5. The van der Waals surface area contributed by atoms with Crippen molar-refractivity contribution in [2.75, 3.05) is 18.4 Å². The minimum Gasteiger partial charge on any atom is -0.386 e. The molecule has 1 unspecified atom stereocenters. The van der Waals surface area contributed by atoms with E-state index in [-0.39, 0.29) is 17.5 Å². The maximum absolute atomic E-state index is 14.9. The summed E-state index contributed by atoms with van der Waals surface area (Å²) in [6.45, 7) is -0.0773. The van der Waals surface area contributed by atoms with Crippen LogP contribution in [0.2, 0.25) is 0 Å². The Hall–Kier alpha value is -4.81. The molecule has 0 radical (unpaired) electrons. The van der Waals surface area contributed by atoms with Gasteiger partial charge in [0.15, 0.2) is 0 Å². The average Bonchev–Trinajstić information content (AvgIpc) is 2.94. The van der Waals surface area contributed by atoms with Crippen LogP contribution in [0.1, 0.15) is 30.9 Å². The van der Waals surface area contributed by atoms with Crippen molar-refractivity contribution in [3.8, 4) is 11.1 Å². The van der Waals surface area contributed by atoms with Crippen LogP contribution in [0.15, 0.2) is 72.9 Å². The van der Waals surface area contributed by atoms with E-state index < -0.39 is 54.8 Å². The Kier molecular flexibility index (Phi) is 10.9. The third-order valence-electron chi connectivity index (χ3n) is 5.62.